The second-order valence-corrected chi connectivity index (χ2v) is 4.52. The van der Waals surface area contributed by atoms with E-state index in [0.29, 0.717) is 12.5 Å². The highest BCUT2D eigenvalue weighted by Crippen LogP contribution is 2.38. The maximum Gasteiger partial charge on any atom is 0.131 e. The van der Waals surface area contributed by atoms with Gasteiger partial charge in [0.15, 0.2) is 0 Å². The van der Waals surface area contributed by atoms with E-state index >= 15 is 0 Å². The molecule has 82 valence electrons. The quantitative estimate of drug-likeness (QED) is 0.730. The Bertz CT molecular complexity index is 535. The summed E-state index contributed by atoms with van der Waals surface area (Å²) in [5, 5.41) is 2.38. The molecule has 2 aromatic carbocycles. The van der Waals surface area contributed by atoms with Gasteiger partial charge in [-0.1, -0.05) is 43.3 Å². The molecule has 16 heavy (non-hydrogen) atoms. The molecule has 1 aliphatic heterocycles. The number of benzene rings is 2. The Labute approximate surface area is 95.0 Å². The smallest absolute Gasteiger partial charge is 0.131 e. The van der Waals surface area contributed by atoms with Gasteiger partial charge in [0.05, 0.1) is 6.61 Å². The van der Waals surface area contributed by atoms with Gasteiger partial charge in [-0.3, -0.25) is 0 Å². The maximum atomic E-state index is 6.20. The van der Waals surface area contributed by atoms with Crippen LogP contribution in [0.25, 0.3) is 10.8 Å². The van der Waals surface area contributed by atoms with Crippen LogP contribution in [-0.4, -0.2) is 6.61 Å². The van der Waals surface area contributed by atoms with Crippen molar-refractivity contribution in [2.45, 2.75) is 13.0 Å². The standard InChI is InChI=1S/C14H15NO/c1-9-8-16-14-11-5-3-2-4-10(11)6-7-12(14)13(9)15/h2-7,9,13H,8,15H2,1H3. The van der Waals surface area contributed by atoms with Crippen molar-refractivity contribution in [2.75, 3.05) is 6.61 Å². The predicted molar refractivity (Wildman–Crippen MR) is 65.5 cm³/mol. The molecule has 2 N–H and O–H groups in total. The van der Waals surface area contributed by atoms with Crippen molar-refractivity contribution >= 4 is 10.8 Å². The molecule has 0 aromatic heterocycles. The zero-order valence-corrected chi connectivity index (χ0v) is 9.31. The fourth-order valence-electron chi connectivity index (χ4n) is 2.31. The highest BCUT2D eigenvalue weighted by atomic mass is 16.5. The average molecular weight is 213 g/mol. The average Bonchev–Trinajstić information content (AvgIpc) is 2.33. The van der Waals surface area contributed by atoms with Gasteiger partial charge in [0.1, 0.15) is 5.75 Å². The van der Waals surface area contributed by atoms with E-state index in [1.165, 1.54) is 10.8 Å². The fraction of sp³-hybridized carbons (Fsp3) is 0.286. The van der Waals surface area contributed by atoms with E-state index in [4.69, 9.17) is 10.5 Å². The largest absolute Gasteiger partial charge is 0.492 e. The lowest BCUT2D eigenvalue weighted by atomic mass is 9.91. The van der Waals surface area contributed by atoms with Crippen molar-refractivity contribution in [1.29, 1.82) is 0 Å². The van der Waals surface area contributed by atoms with Crippen molar-refractivity contribution in [2.24, 2.45) is 11.7 Å². The molecular weight excluding hydrogens is 198 g/mol. The zero-order chi connectivity index (χ0) is 11.1. The molecule has 0 radical (unpaired) electrons. The third kappa shape index (κ3) is 1.30. The first kappa shape index (κ1) is 9.67. The summed E-state index contributed by atoms with van der Waals surface area (Å²) in [5.74, 6) is 1.36. The van der Waals surface area contributed by atoms with Gasteiger partial charge in [-0.2, -0.15) is 0 Å². The van der Waals surface area contributed by atoms with E-state index in [9.17, 15) is 0 Å². The Balaban J connectivity index is 2.27. The molecule has 0 spiro atoms. The van der Waals surface area contributed by atoms with Gasteiger partial charge in [-0.05, 0) is 5.39 Å². The van der Waals surface area contributed by atoms with Gasteiger partial charge < -0.3 is 10.5 Å². The van der Waals surface area contributed by atoms with Crippen molar-refractivity contribution < 1.29 is 4.74 Å². The van der Waals surface area contributed by atoms with Crippen LogP contribution in [0.1, 0.15) is 18.5 Å². The van der Waals surface area contributed by atoms with Gasteiger partial charge in [0, 0.05) is 22.9 Å². The molecule has 0 amide bonds. The third-order valence-electron chi connectivity index (χ3n) is 3.37. The summed E-state index contributed by atoms with van der Waals surface area (Å²) >= 11 is 0. The molecule has 2 nitrogen and oxygen atoms in total. The van der Waals surface area contributed by atoms with Crippen LogP contribution < -0.4 is 10.5 Å². The molecular formula is C14H15NO. The molecule has 0 aliphatic carbocycles. The Morgan fingerprint density at radius 1 is 1.19 bits per heavy atom. The van der Waals surface area contributed by atoms with Crippen LogP contribution in [0.2, 0.25) is 0 Å². The molecule has 0 saturated carbocycles. The Hall–Kier alpha value is -1.54. The molecule has 3 rings (SSSR count). The molecule has 0 bridgehead atoms. The number of ether oxygens (including phenoxy) is 1. The molecule has 2 heteroatoms. The molecule has 2 aromatic rings. The van der Waals surface area contributed by atoms with Crippen molar-refractivity contribution in [3.8, 4) is 5.75 Å². The first-order chi connectivity index (χ1) is 7.77. The summed E-state index contributed by atoms with van der Waals surface area (Å²) in [7, 11) is 0. The second kappa shape index (κ2) is 3.49. The minimum atomic E-state index is 0.0911. The first-order valence-electron chi connectivity index (χ1n) is 5.67. The fourth-order valence-corrected chi connectivity index (χ4v) is 2.31. The lowest BCUT2D eigenvalue weighted by molar-refractivity contribution is 0.210. The van der Waals surface area contributed by atoms with Gasteiger partial charge >= 0.3 is 0 Å². The van der Waals surface area contributed by atoms with Crippen LogP contribution >= 0.6 is 0 Å². The van der Waals surface area contributed by atoms with E-state index in [0.717, 1.165) is 11.3 Å². The lowest BCUT2D eigenvalue weighted by Gasteiger charge is -2.29. The van der Waals surface area contributed by atoms with Crippen molar-refractivity contribution in [3.05, 3.63) is 42.0 Å². The molecule has 2 unspecified atom stereocenters. The normalized spacial score (nSPS) is 23.9. The molecule has 0 fully saturated rings. The minimum Gasteiger partial charge on any atom is -0.492 e. The van der Waals surface area contributed by atoms with Gasteiger partial charge in [-0.15, -0.1) is 0 Å². The lowest BCUT2D eigenvalue weighted by Crippen LogP contribution is -2.29. The van der Waals surface area contributed by atoms with Gasteiger partial charge in [0.25, 0.3) is 0 Å². The van der Waals surface area contributed by atoms with E-state index in [1.54, 1.807) is 0 Å². The van der Waals surface area contributed by atoms with Crippen LogP contribution in [-0.2, 0) is 0 Å². The van der Waals surface area contributed by atoms with Crippen molar-refractivity contribution in [3.63, 3.8) is 0 Å². The Kier molecular flexibility index (Phi) is 2.11. The number of rotatable bonds is 0. The number of hydrogen-bond donors (Lipinski definition) is 1. The summed E-state index contributed by atoms with van der Waals surface area (Å²) in [5.41, 5.74) is 7.34. The van der Waals surface area contributed by atoms with Crippen LogP contribution in [0.15, 0.2) is 36.4 Å². The van der Waals surface area contributed by atoms with E-state index in [-0.39, 0.29) is 6.04 Å². The van der Waals surface area contributed by atoms with Crippen LogP contribution in [0, 0.1) is 5.92 Å². The summed E-state index contributed by atoms with van der Waals surface area (Å²) in [6.45, 7) is 2.84. The number of fused-ring (bicyclic) bond motifs is 3. The predicted octanol–water partition coefficient (Wildman–Crippen LogP) is 2.87. The Morgan fingerprint density at radius 2 is 2.00 bits per heavy atom. The summed E-state index contributed by atoms with van der Waals surface area (Å²) < 4.78 is 5.84. The highest BCUT2D eigenvalue weighted by molar-refractivity contribution is 5.89. The van der Waals surface area contributed by atoms with Gasteiger partial charge in [0.2, 0.25) is 0 Å². The third-order valence-corrected chi connectivity index (χ3v) is 3.37. The highest BCUT2D eigenvalue weighted by Gasteiger charge is 2.25. The van der Waals surface area contributed by atoms with Crippen LogP contribution in [0.4, 0.5) is 0 Å². The van der Waals surface area contributed by atoms with Crippen molar-refractivity contribution in [1.82, 2.24) is 0 Å². The second-order valence-electron chi connectivity index (χ2n) is 4.52. The SMILES string of the molecule is CC1COc2c(ccc3ccccc23)C1N. The monoisotopic (exact) mass is 213 g/mol. The molecule has 2 atom stereocenters. The molecule has 0 saturated heterocycles. The summed E-state index contributed by atoms with van der Waals surface area (Å²) in [6, 6.07) is 12.6. The number of hydrogen-bond acceptors (Lipinski definition) is 2. The first-order valence-corrected chi connectivity index (χ1v) is 5.67. The van der Waals surface area contributed by atoms with E-state index in [1.807, 2.05) is 12.1 Å². The summed E-state index contributed by atoms with van der Waals surface area (Å²) in [4.78, 5) is 0. The minimum absolute atomic E-state index is 0.0911. The van der Waals surface area contributed by atoms with E-state index in [2.05, 4.69) is 31.2 Å². The van der Waals surface area contributed by atoms with Gasteiger partial charge in [-0.25, -0.2) is 0 Å². The van der Waals surface area contributed by atoms with Crippen LogP contribution in [0.3, 0.4) is 0 Å². The maximum absolute atomic E-state index is 6.20. The zero-order valence-electron chi connectivity index (χ0n) is 9.31. The van der Waals surface area contributed by atoms with Crippen LogP contribution in [0.5, 0.6) is 5.75 Å². The topological polar surface area (TPSA) is 35.2 Å². The molecule has 1 aliphatic rings. The molecule has 1 heterocycles. The summed E-state index contributed by atoms with van der Waals surface area (Å²) in [6.07, 6.45) is 0. The number of nitrogens with two attached hydrogens (primary N) is 1. The Morgan fingerprint density at radius 3 is 2.88 bits per heavy atom. The van der Waals surface area contributed by atoms with E-state index < -0.39 is 0 Å².